The van der Waals surface area contributed by atoms with Gasteiger partial charge in [-0.15, -0.1) is 0 Å². The molecule has 1 aliphatic heterocycles. The van der Waals surface area contributed by atoms with Crippen molar-refractivity contribution >= 4 is 15.9 Å². The molecule has 0 aromatic heterocycles. The van der Waals surface area contributed by atoms with Crippen LogP contribution in [0.5, 0.6) is 0 Å². The van der Waals surface area contributed by atoms with Crippen LogP contribution in [0.3, 0.4) is 0 Å². The predicted molar refractivity (Wildman–Crippen MR) is 123 cm³/mol. The molecule has 0 aliphatic carbocycles. The van der Waals surface area contributed by atoms with Crippen molar-refractivity contribution in [1.29, 1.82) is 0 Å². The summed E-state index contributed by atoms with van der Waals surface area (Å²) in [7, 11) is -0.342. The molecule has 1 aliphatic rings. The van der Waals surface area contributed by atoms with Gasteiger partial charge in [0.05, 0.1) is 4.90 Å². The van der Waals surface area contributed by atoms with Gasteiger partial charge in [-0.1, -0.05) is 37.3 Å². The zero-order valence-electron chi connectivity index (χ0n) is 18.7. The lowest BCUT2D eigenvalue weighted by molar-refractivity contribution is 0.0607. The number of rotatable bonds is 8. The lowest BCUT2D eigenvalue weighted by Gasteiger charge is -2.38. The minimum Gasteiger partial charge on any atom is -0.339 e. The SMILES string of the molecule is CCCN(Cc1cccc(S(=O)(=O)N(C)C)c1)C1CCN(C(=O)c2ccccc2)CC1. The van der Waals surface area contributed by atoms with Crippen molar-refractivity contribution in [3.63, 3.8) is 0 Å². The van der Waals surface area contributed by atoms with Gasteiger partial charge in [0, 0.05) is 45.3 Å². The molecule has 168 valence electrons. The van der Waals surface area contributed by atoms with Crippen LogP contribution in [-0.2, 0) is 16.6 Å². The summed E-state index contributed by atoms with van der Waals surface area (Å²) in [5.74, 6) is 0.0997. The van der Waals surface area contributed by atoms with Gasteiger partial charge in [-0.3, -0.25) is 9.69 Å². The van der Waals surface area contributed by atoms with Crippen LogP contribution >= 0.6 is 0 Å². The standard InChI is InChI=1S/C24H33N3O3S/c1-4-15-27(19-20-9-8-12-23(18-20)31(29,30)25(2)3)22-13-16-26(17-14-22)24(28)21-10-6-5-7-11-21/h5-12,18,22H,4,13-17,19H2,1-3H3. The number of hydrogen-bond donors (Lipinski definition) is 0. The summed E-state index contributed by atoms with van der Waals surface area (Å²) in [6, 6.07) is 17.1. The molecule has 0 atom stereocenters. The summed E-state index contributed by atoms with van der Waals surface area (Å²) in [5.41, 5.74) is 1.74. The number of benzene rings is 2. The Labute approximate surface area is 186 Å². The Kier molecular flexibility index (Phi) is 7.86. The largest absolute Gasteiger partial charge is 0.339 e. The molecule has 1 amide bonds. The number of likely N-dealkylation sites (tertiary alicyclic amines) is 1. The molecule has 1 heterocycles. The Morgan fingerprint density at radius 2 is 1.71 bits per heavy atom. The molecule has 31 heavy (non-hydrogen) atoms. The highest BCUT2D eigenvalue weighted by Crippen LogP contribution is 2.22. The van der Waals surface area contributed by atoms with Gasteiger partial charge in [-0.2, -0.15) is 0 Å². The minimum atomic E-state index is -3.44. The highest BCUT2D eigenvalue weighted by atomic mass is 32.2. The first-order chi connectivity index (χ1) is 14.8. The monoisotopic (exact) mass is 443 g/mol. The summed E-state index contributed by atoms with van der Waals surface area (Å²) in [5, 5.41) is 0. The van der Waals surface area contributed by atoms with E-state index in [0.29, 0.717) is 17.5 Å². The second kappa shape index (κ2) is 10.4. The first-order valence-electron chi connectivity index (χ1n) is 10.9. The Morgan fingerprint density at radius 1 is 1.03 bits per heavy atom. The molecule has 0 radical (unpaired) electrons. The van der Waals surface area contributed by atoms with Crippen LogP contribution in [0.25, 0.3) is 0 Å². The summed E-state index contributed by atoms with van der Waals surface area (Å²) >= 11 is 0. The van der Waals surface area contributed by atoms with E-state index in [1.54, 1.807) is 26.2 Å². The van der Waals surface area contributed by atoms with Crippen LogP contribution in [0, 0.1) is 0 Å². The van der Waals surface area contributed by atoms with Crippen LogP contribution in [0.1, 0.15) is 42.1 Å². The van der Waals surface area contributed by atoms with Crippen molar-refractivity contribution < 1.29 is 13.2 Å². The zero-order chi connectivity index (χ0) is 22.4. The third-order valence-corrected chi connectivity index (χ3v) is 7.67. The van der Waals surface area contributed by atoms with Gasteiger partial charge >= 0.3 is 0 Å². The first kappa shape index (κ1) is 23.4. The summed E-state index contributed by atoms with van der Waals surface area (Å²) < 4.78 is 26.2. The molecular weight excluding hydrogens is 410 g/mol. The molecule has 0 saturated carbocycles. The lowest BCUT2D eigenvalue weighted by Crippen LogP contribution is -2.46. The fraction of sp³-hybridized carbons (Fsp3) is 0.458. The van der Waals surface area contributed by atoms with E-state index in [1.165, 1.54) is 4.31 Å². The highest BCUT2D eigenvalue weighted by molar-refractivity contribution is 7.89. The van der Waals surface area contributed by atoms with Gasteiger partial charge in [0.1, 0.15) is 0 Å². The van der Waals surface area contributed by atoms with Crippen molar-refractivity contribution in [3.8, 4) is 0 Å². The van der Waals surface area contributed by atoms with Crippen LogP contribution in [0.2, 0.25) is 0 Å². The highest BCUT2D eigenvalue weighted by Gasteiger charge is 2.27. The molecular formula is C24H33N3O3S. The third-order valence-electron chi connectivity index (χ3n) is 5.86. The number of carbonyl (C=O) groups excluding carboxylic acids is 1. The smallest absolute Gasteiger partial charge is 0.253 e. The molecule has 6 nitrogen and oxygen atoms in total. The van der Waals surface area contributed by atoms with Gasteiger partial charge in [0.25, 0.3) is 5.91 Å². The van der Waals surface area contributed by atoms with E-state index >= 15 is 0 Å². The number of sulfonamides is 1. The maximum atomic E-state index is 12.7. The number of nitrogens with zero attached hydrogens (tertiary/aromatic N) is 3. The van der Waals surface area contributed by atoms with Crippen LogP contribution in [0.15, 0.2) is 59.5 Å². The number of piperidine rings is 1. The molecule has 2 aromatic rings. The number of carbonyl (C=O) groups is 1. The maximum absolute atomic E-state index is 12.7. The topological polar surface area (TPSA) is 60.9 Å². The van der Waals surface area contributed by atoms with Gasteiger partial charge in [-0.25, -0.2) is 12.7 Å². The van der Waals surface area contributed by atoms with Crippen LogP contribution in [-0.4, -0.2) is 68.2 Å². The molecule has 0 N–H and O–H groups in total. The molecule has 3 rings (SSSR count). The molecule has 0 bridgehead atoms. The van der Waals surface area contributed by atoms with Crippen molar-refractivity contribution in [2.75, 3.05) is 33.7 Å². The summed E-state index contributed by atoms with van der Waals surface area (Å²) in [4.78, 5) is 17.4. The third kappa shape index (κ3) is 5.73. The fourth-order valence-corrected chi connectivity index (χ4v) is 5.10. The van der Waals surface area contributed by atoms with E-state index in [4.69, 9.17) is 0 Å². The average Bonchev–Trinajstić information content (AvgIpc) is 2.79. The summed E-state index contributed by atoms with van der Waals surface area (Å²) in [6.07, 6.45) is 2.88. The van der Waals surface area contributed by atoms with E-state index in [2.05, 4.69) is 11.8 Å². The fourth-order valence-electron chi connectivity index (χ4n) is 4.12. The normalized spacial score (nSPS) is 15.6. The van der Waals surface area contributed by atoms with E-state index in [1.807, 2.05) is 47.4 Å². The summed E-state index contributed by atoms with van der Waals surface area (Å²) in [6.45, 7) is 5.30. The Morgan fingerprint density at radius 3 is 2.32 bits per heavy atom. The molecule has 1 fully saturated rings. The van der Waals surface area contributed by atoms with Gasteiger partial charge < -0.3 is 4.90 Å². The van der Waals surface area contributed by atoms with E-state index < -0.39 is 10.0 Å². The molecule has 0 unspecified atom stereocenters. The lowest BCUT2D eigenvalue weighted by atomic mass is 10.0. The second-order valence-corrected chi connectivity index (χ2v) is 10.4. The minimum absolute atomic E-state index is 0.0997. The predicted octanol–water partition coefficient (Wildman–Crippen LogP) is 3.45. The van der Waals surface area contributed by atoms with Crippen molar-refractivity contribution in [1.82, 2.24) is 14.1 Å². The Balaban J connectivity index is 1.66. The molecule has 7 heteroatoms. The quantitative estimate of drug-likeness (QED) is 0.627. The zero-order valence-corrected chi connectivity index (χ0v) is 19.5. The average molecular weight is 444 g/mol. The van der Waals surface area contributed by atoms with Crippen molar-refractivity contribution in [3.05, 3.63) is 65.7 Å². The first-order valence-corrected chi connectivity index (χ1v) is 12.4. The maximum Gasteiger partial charge on any atom is 0.253 e. The molecule has 2 aromatic carbocycles. The van der Waals surface area contributed by atoms with E-state index in [-0.39, 0.29) is 5.91 Å². The van der Waals surface area contributed by atoms with Crippen LogP contribution in [0.4, 0.5) is 0 Å². The second-order valence-electron chi connectivity index (χ2n) is 8.29. The van der Waals surface area contributed by atoms with Crippen LogP contribution < -0.4 is 0 Å². The molecule has 1 saturated heterocycles. The van der Waals surface area contributed by atoms with Gasteiger partial charge in [0.2, 0.25) is 10.0 Å². The van der Waals surface area contributed by atoms with Gasteiger partial charge in [-0.05, 0) is 55.6 Å². The molecule has 0 spiro atoms. The van der Waals surface area contributed by atoms with Gasteiger partial charge in [0.15, 0.2) is 0 Å². The van der Waals surface area contributed by atoms with Crippen molar-refractivity contribution in [2.45, 2.75) is 43.7 Å². The van der Waals surface area contributed by atoms with E-state index in [9.17, 15) is 13.2 Å². The number of hydrogen-bond acceptors (Lipinski definition) is 4. The number of amides is 1. The Bertz CT molecular complexity index is 969. The van der Waals surface area contributed by atoms with E-state index in [0.717, 1.165) is 50.0 Å². The Hall–Kier alpha value is -2.22. The van der Waals surface area contributed by atoms with Crippen molar-refractivity contribution in [2.24, 2.45) is 0 Å².